The molecule has 1 aliphatic rings. The van der Waals surface area contributed by atoms with Gasteiger partial charge in [0.05, 0.1) is 38.9 Å². The fourth-order valence-corrected chi connectivity index (χ4v) is 4.27. The standard InChI is InChI=1S/C26H28N4O2S/c1-32-24-10-6-5-9-23(24)25(31)28-26(33)27-21-11-13-22(14-12-21)30-17-15-29(16-18-30)19-20-7-3-2-4-8-20/h2-14H,15-19H2,1H3,(H2,27,28,31,33)/p+1. The van der Waals surface area contributed by atoms with Gasteiger partial charge in [0.1, 0.15) is 12.3 Å². The number of anilines is 2. The summed E-state index contributed by atoms with van der Waals surface area (Å²) in [4.78, 5) is 16.5. The third-order valence-electron chi connectivity index (χ3n) is 5.84. The molecule has 4 rings (SSSR count). The molecule has 7 heteroatoms. The summed E-state index contributed by atoms with van der Waals surface area (Å²) >= 11 is 5.32. The van der Waals surface area contributed by atoms with E-state index in [1.807, 2.05) is 18.2 Å². The number of thiocarbonyl (C=S) groups is 1. The van der Waals surface area contributed by atoms with Gasteiger partial charge in [-0.1, -0.05) is 42.5 Å². The first-order valence-electron chi connectivity index (χ1n) is 11.1. The Morgan fingerprint density at radius 3 is 2.33 bits per heavy atom. The molecule has 0 bridgehead atoms. The van der Waals surface area contributed by atoms with Crippen LogP contribution in [0, 0.1) is 0 Å². The van der Waals surface area contributed by atoms with Crippen LogP contribution < -0.4 is 25.2 Å². The Hall–Kier alpha value is -3.42. The molecule has 0 radical (unpaired) electrons. The predicted octanol–water partition coefficient (Wildman–Crippen LogP) is 2.73. The minimum Gasteiger partial charge on any atom is -0.496 e. The molecule has 0 aliphatic carbocycles. The zero-order valence-electron chi connectivity index (χ0n) is 18.7. The van der Waals surface area contributed by atoms with Gasteiger partial charge in [-0.15, -0.1) is 0 Å². The van der Waals surface area contributed by atoms with Crippen LogP contribution in [0.4, 0.5) is 11.4 Å². The lowest BCUT2D eigenvalue weighted by Gasteiger charge is -2.33. The van der Waals surface area contributed by atoms with Gasteiger partial charge in [-0.05, 0) is 48.6 Å². The number of amides is 1. The molecule has 33 heavy (non-hydrogen) atoms. The second kappa shape index (κ2) is 10.9. The van der Waals surface area contributed by atoms with Gasteiger partial charge in [0.2, 0.25) is 0 Å². The number of benzene rings is 3. The molecule has 1 fully saturated rings. The molecule has 0 saturated carbocycles. The summed E-state index contributed by atoms with van der Waals surface area (Å²) in [6.45, 7) is 5.38. The van der Waals surface area contributed by atoms with Crippen LogP contribution in [0.25, 0.3) is 0 Å². The quantitative estimate of drug-likeness (QED) is 0.493. The molecular formula is C26H29N4O2S+. The smallest absolute Gasteiger partial charge is 0.261 e. The molecule has 0 atom stereocenters. The normalized spacial score (nSPS) is 13.9. The largest absolute Gasteiger partial charge is 0.496 e. The van der Waals surface area contributed by atoms with E-state index in [-0.39, 0.29) is 11.0 Å². The van der Waals surface area contributed by atoms with Crippen LogP contribution in [-0.2, 0) is 6.54 Å². The minimum atomic E-state index is -0.308. The van der Waals surface area contributed by atoms with Crippen LogP contribution in [-0.4, -0.2) is 44.3 Å². The number of piperazine rings is 1. The van der Waals surface area contributed by atoms with E-state index < -0.39 is 0 Å². The summed E-state index contributed by atoms with van der Waals surface area (Å²) < 4.78 is 5.24. The van der Waals surface area contributed by atoms with Gasteiger partial charge in [0, 0.05) is 16.9 Å². The van der Waals surface area contributed by atoms with E-state index >= 15 is 0 Å². The average Bonchev–Trinajstić information content (AvgIpc) is 2.85. The summed E-state index contributed by atoms with van der Waals surface area (Å²) in [6.07, 6.45) is 0. The van der Waals surface area contributed by atoms with Crippen LogP contribution in [0.1, 0.15) is 15.9 Å². The van der Waals surface area contributed by atoms with Crippen LogP contribution in [0.3, 0.4) is 0 Å². The molecule has 1 heterocycles. The summed E-state index contributed by atoms with van der Waals surface area (Å²) in [5.41, 5.74) is 3.86. The maximum atomic E-state index is 12.5. The van der Waals surface area contributed by atoms with E-state index in [0.717, 1.165) is 38.4 Å². The maximum Gasteiger partial charge on any atom is 0.261 e. The van der Waals surface area contributed by atoms with Crippen molar-refractivity contribution in [1.82, 2.24) is 5.32 Å². The molecule has 170 valence electrons. The number of hydrogen-bond acceptors (Lipinski definition) is 4. The topological polar surface area (TPSA) is 58.0 Å². The second-order valence-corrected chi connectivity index (χ2v) is 8.46. The number of nitrogens with zero attached hydrogens (tertiary/aromatic N) is 1. The first kappa shape index (κ1) is 22.8. The Kier molecular flexibility index (Phi) is 7.55. The molecule has 6 nitrogen and oxygen atoms in total. The zero-order chi connectivity index (χ0) is 23.0. The number of carbonyl (C=O) groups is 1. The number of carbonyl (C=O) groups excluding carboxylic acids is 1. The fraction of sp³-hybridized carbons (Fsp3) is 0.231. The summed E-state index contributed by atoms with van der Waals surface area (Å²) in [5.74, 6) is 0.199. The number of hydrogen-bond donors (Lipinski definition) is 3. The van der Waals surface area contributed by atoms with Gasteiger partial charge in [-0.3, -0.25) is 10.1 Å². The second-order valence-electron chi connectivity index (χ2n) is 8.05. The van der Waals surface area contributed by atoms with Crippen molar-refractivity contribution in [2.24, 2.45) is 0 Å². The number of ether oxygens (including phenoxy) is 1. The Morgan fingerprint density at radius 2 is 1.64 bits per heavy atom. The van der Waals surface area contributed by atoms with Gasteiger partial charge in [0.25, 0.3) is 5.91 Å². The monoisotopic (exact) mass is 461 g/mol. The van der Waals surface area contributed by atoms with Crippen molar-refractivity contribution in [3.8, 4) is 5.75 Å². The van der Waals surface area contributed by atoms with E-state index in [4.69, 9.17) is 17.0 Å². The SMILES string of the molecule is COc1ccccc1C(=O)NC(=S)Nc1ccc(N2CC[NH+](Cc3ccccc3)CC2)cc1. The zero-order valence-corrected chi connectivity index (χ0v) is 19.5. The number of para-hydroxylation sites is 1. The summed E-state index contributed by atoms with van der Waals surface area (Å²) in [6, 6.07) is 25.9. The molecular weight excluding hydrogens is 432 g/mol. The fourth-order valence-electron chi connectivity index (χ4n) is 4.06. The molecule has 1 aliphatic heterocycles. The highest BCUT2D eigenvalue weighted by Gasteiger charge is 2.20. The minimum absolute atomic E-state index is 0.247. The molecule has 1 saturated heterocycles. The summed E-state index contributed by atoms with van der Waals surface area (Å²) in [7, 11) is 1.54. The highest BCUT2D eigenvalue weighted by atomic mass is 32.1. The molecule has 3 N–H and O–H groups in total. The van der Waals surface area contributed by atoms with Crippen molar-refractivity contribution in [2.45, 2.75) is 6.54 Å². The van der Waals surface area contributed by atoms with Gasteiger partial charge < -0.3 is 19.9 Å². The number of rotatable bonds is 6. The molecule has 1 amide bonds. The Labute approximate surface area is 200 Å². The van der Waals surface area contributed by atoms with Crippen LogP contribution in [0.2, 0.25) is 0 Å². The predicted molar refractivity (Wildman–Crippen MR) is 136 cm³/mol. The lowest BCUT2D eigenvalue weighted by molar-refractivity contribution is -0.914. The highest BCUT2D eigenvalue weighted by molar-refractivity contribution is 7.80. The van der Waals surface area contributed by atoms with Crippen LogP contribution >= 0.6 is 12.2 Å². The number of nitrogens with one attached hydrogen (secondary N) is 3. The van der Waals surface area contributed by atoms with Crippen LogP contribution in [0.15, 0.2) is 78.9 Å². The Balaban J connectivity index is 1.27. The van der Waals surface area contributed by atoms with E-state index in [1.54, 1.807) is 23.1 Å². The van der Waals surface area contributed by atoms with E-state index in [0.29, 0.717) is 11.3 Å². The van der Waals surface area contributed by atoms with Crippen molar-refractivity contribution in [2.75, 3.05) is 43.5 Å². The lowest BCUT2D eigenvalue weighted by Crippen LogP contribution is -3.13. The third-order valence-corrected chi connectivity index (χ3v) is 6.04. The number of quaternary nitrogens is 1. The molecule has 0 aromatic heterocycles. The highest BCUT2D eigenvalue weighted by Crippen LogP contribution is 2.19. The lowest BCUT2D eigenvalue weighted by atomic mass is 10.2. The van der Waals surface area contributed by atoms with Crippen LogP contribution in [0.5, 0.6) is 5.75 Å². The van der Waals surface area contributed by atoms with E-state index in [2.05, 4.69) is 58.0 Å². The maximum absolute atomic E-state index is 12.5. The van der Waals surface area contributed by atoms with E-state index in [1.165, 1.54) is 18.4 Å². The van der Waals surface area contributed by atoms with Crippen molar-refractivity contribution in [3.05, 3.63) is 90.0 Å². The van der Waals surface area contributed by atoms with Gasteiger partial charge in [0.15, 0.2) is 5.11 Å². The van der Waals surface area contributed by atoms with Gasteiger partial charge in [-0.2, -0.15) is 0 Å². The number of methoxy groups -OCH3 is 1. The van der Waals surface area contributed by atoms with Crippen molar-refractivity contribution < 1.29 is 14.4 Å². The average molecular weight is 462 g/mol. The molecule has 0 unspecified atom stereocenters. The van der Waals surface area contributed by atoms with Gasteiger partial charge >= 0.3 is 0 Å². The molecule has 3 aromatic carbocycles. The van der Waals surface area contributed by atoms with Crippen molar-refractivity contribution >= 4 is 34.6 Å². The first-order valence-corrected chi connectivity index (χ1v) is 11.5. The molecule has 3 aromatic rings. The Morgan fingerprint density at radius 1 is 0.970 bits per heavy atom. The molecule has 0 spiro atoms. The third kappa shape index (κ3) is 6.09. The van der Waals surface area contributed by atoms with Crippen molar-refractivity contribution in [3.63, 3.8) is 0 Å². The van der Waals surface area contributed by atoms with Crippen molar-refractivity contribution in [1.29, 1.82) is 0 Å². The van der Waals surface area contributed by atoms with E-state index in [9.17, 15) is 4.79 Å². The summed E-state index contributed by atoms with van der Waals surface area (Å²) in [5, 5.41) is 6.04. The first-order chi connectivity index (χ1) is 16.1. The Bertz CT molecular complexity index is 1080. The van der Waals surface area contributed by atoms with Gasteiger partial charge in [-0.25, -0.2) is 0 Å².